The quantitative estimate of drug-likeness (QED) is 0.893. The Kier molecular flexibility index (Phi) is 3.77. The van der Waals surface area contributed by atoms with Crippen LogP contribution in [-0.2, 0) is 6.54 Å². The second-order valence-electron chi connectivity index (χ2n) is 4.30. The maximum Gasteiger partial charge on any atom is 0.253 e. The van der Waals surface area contributed by atoms with Crippen LogP contribution in [0, 0.1) is 13.8 Å². The Labute approximate surface area is 106 Å². The Morgan fingerprint density at radius 1 is 1.28 bits per heavy atom. The number of rotatable bonds is 4. The molecule has 1 aromatic carbocycles. The third kappa shape index (κ3) is 2.97. The topological polar surface area (TPSA) is 46.9 Å². The second kappa shape index (κ2) is 5.49. The first-order chi connectivity index (χ1) is 8.66. The van der Waals surface area contributed by atoms with Gasteiger partial charge in [0.2, 0.25) is 0 Å². The summed E-state index contributed by atoms with van der Waals surface area (Å²) in [5.41, 5.74) is 3.05. The molecule has 94 valence electrons. The van der Waals surface area contributed by atoms with E-state index in [0.717, 1.165) is 11.4 Å². The number of para-hydroxylation sites is 1. The van der Waals surface area contributed by atoms with Gasteiger partial charge in [-0.2, -0.15) is 0 Å². The van der Waals surface area contributed by atoms with Crippen molar-refractivity contribution >= 4 is 5.69 Å². The summed E-state index contributed by atoms with van der Waals surface area (Å²) in [7, 11) is 0. The minimum Gasteiger partial charge on any atom is -0.383 e. The number of benzene rings is 1. The van der Waals surface area contributed by atoms with Crippen LogP contribution in [0.5, 0.6) is 0 Å². The van der Waals surface area contributed by atoms with Crippen LogP contribution in [0.25, 0.3) is 0 Å². The van der Waals surface area contributed by atoms with E-state index in [1.165, 1.54) is 5.56 Å². The van der Waals surface area contributed by atoms with Crippen LogP contribution in [0.4, 0.5) is 5.69 Å². The third-order valence-electron chi connectivity index (χ3n) is 2.83. The molecule has 0 unspecified atom stereocenters. The average Bonchev–Trinajstić information content (AvgIpc) is 2.34. The Balaban J connectivity index is 1.97. The first-order valence-corrected chi connectivity index (χ1v) is 5.99. The van der Waals surface area contributed by atoms with Crippen LogP contribution in [0.1, 0.15) is 11.3 Å². The maximum atomic E-state index is 11.6. The summed E-state index contributed by atoms with van der Waals surface area (Å²) in [6.45, 7) is 5.19. The van der Waals surface area contributed by atoms with E-state index >= 15 is 0 Å². The van der Waals surface area contributed by atoms with E-state index in [9.17, 15) is 4.79 Å². The van der Waals surface area contributed by atoms with Crippen LogP contribution in [0.3, 0.4) is 0 Å². The summed E-state index contributed by atoms with van der Waals surface area (Å²) >= 11 is 0. The highest BCUT2D eigenvalue weighted by atomic mass is 16.1. The number of aryl methyl sites for hydroxylation is 2. The molecule has 0 bridgehead atoms. The molecule has 0 saturated carbocycles. The minimum atomic E-state index is -0.00548. The monoisotopic (exact) mass is 243 g/mol. The fraction of sp³-hybridized carbons (Fsp3) is 0.286. The SMILES string of the molecule is Cc1cc(=O)n(CCNc2ccccc2C)cn1. The van der Waals surface area contributed by atoms with Crippen molar-refractivity contribution in [1.82, 2.24) is 9.55 Å². The predicted octanol–water partition coefficient (Wildman–Crippen LogP) is 1.97. The molecule has 18 heavy (non-hydrogen) atoms. The van der Waals surface area contributed by atoms with Crippen LogP contribution in [0.15, 0.2) is 41.5 Å². The predicted molar refractivity (Wildman–Crippen MR) is 72.9 cm³/mol. The molecule has 1 aromatic heterocycles. The van der Waals surface area contributed by atoms with Crippen molar-refractivity contribution in [1.29, 1.82) is 0 Å². The van der Waals surface area contributed by atoms with E-state index in [-0.39, 0.29) is 5.56 Å². The van der Waals surface area contributed by atoms with Crippen molar-refractivity contribution in [2.45, 2.75) is 20.4 Å². The average molecular weight is 243 g/mol. The van der Waals surface area contributed by atoms with E-state index in [2.05, 4.69) is 23.3 Å². The first kappa shape index (κ1) is 12.4. The highest BCUT2D eigenvalue weighted by molar-refractivity contribution is 5.50. The number of hydrogen-bond acceptors (Lipinski definition) is 3. The summed E-state index contributed by atoms with van der Waals surface area (Å²) in [6.07, 6.45) is 1.59. The van der Waals surface area contributed by atoms with Gasteiger partial charge in [-0.05, 0) is 25.5 Å². The molecule has 1 heterocycles. The maximum absolute atomic E-state index is 11.6. The summed E-state index contributed by atoms with van der Waals surface area (Å²) < 4.78 is 1.61. The standard InChI is InChI=1S/C14H17N3O/c1-11-5-3-4-6-13(11)15-7-8-17-10-16-12(2)9-14(17)18/h3-6,9-10,15H,7-8H2,1-2H3. The van der Waals surface area contributed by atoms with Crippen molar-refractivity contribution in [2.24, 2.45) is 0 Å². The van der Waals surface area contributed by atoms with E-state index in [0.29, 0.717) is 13.1 Å². The van der Waals surface area contributed by atoms with Gasteiger partial charge < -0.3 is 5.32 Å². The number of nitrogens with one attached hydrogen (secondary N) is 1. The summed E-state index contributed by atoms with van der Waals surface area (Å²) in [5.74, 6) is 0. The van der Waals surface area contributed by atoms with Gasteiger partial charge in [0.1, 0.15) is 0 Å². The molecule has 1 N–H and O–H groups in total. The van der Waals surface area contributed by atoms with Crippen LogP contribution in [-0.4, -0.2) is 16.1 Å². The summed E-state index contributed by atoms with van der Waals surface area (Å²) in [4.78, 5) is 15.8. The normalized spacial score (nSPS) is 10.3. The second-order valence-corrected chi connectivity index (χ2v) is 4.30. The molecular weight excluding hydrogens is 226 g/mol. The van der Waals surface area contributed by atoms with E-state index in [4.69, 9.17) is 0 Å². The van der Waals surface area contributed by atoms with E-state index in [1.54, 1.807) is 17.0 Å². The summed E-state index contributed by atoms with van der Waals surface area (Å²) in [5, 5.41) is 3.32. The van der Waals surface area contributed by atoms with Crippen LogP contribution >= 0.6 is 0 Å². The molecule has 0 radical (unpaired) electrons. The first-order valence-electron chi connectivity index (χ1n) is 5.99. The Hall–Kier alpha value is -2.10. The number of hydrogen-bond donors (Lipinski definition) is 1. The Morgan fingerprint density at radius 3 is 2.78 bits per heavy atom. The fourth-order valence-electron chi connectivity index (χ4n) is 1.77. The molecule has 0 aliphatic rings. The molecule has 4 heteroatoms. The van der Waals surface area contributed by atoms with Gasteiger partial charge in [0.25, 0.3) is 5.56 Å². The fourth-order valence-corrected chi connectivity index (χ4v) is 1.77. The molecule has 0 amide bonds. The van der Waals surface area contributed by atoms with Crippen molar-refractivity contribution in [3.63, 3.8) is 0 Å². The third-order valence-corrected chi connectivity index (χ3v) is 2.83. The van der Waals surface area contributed by atoms with E-state index in [1.807, 2.05) is 25.1 Å². The highest BCUT2D eigenvalue weighted by Crippen LogP contribution is 2.12. The molecule has 4 nitrogen and oxygen atoms in total. The largest absolute Gasteiger partial charge is 0.383 e. The molecule has 0 saturated heterocycles. The van der Waals surface area contributed by atoms with E-state index < -0.39 is 0 Å². The number of aromatic nitrogens is 2. The lowest BCUT2D eigenvalue weighted by Gasteiger charge is -2.10. The number of nitrogens with zero attached hydrogens (tertiary/aromatic N) is 2. The van der Waals surface area contributed by atoms with Gasteiger partial charge in [-0.3, -0.25) is 9.36 Å². The van der Waals surface area contributed by atoms with Gasteiger partial charge in [-0.15, -0.1) is 0 Å². The molecule has 0 spiro atoms. The summed E-state index contributed by atoms with van der Waals surface area (Å²) in [6, 6.07) is 9.64. The van der Waals surface area contributed by atoms with Crippen molar-refractivity contribution in [3.8, 4) is 0 Å². The lowest BCUT2D eigenvalue weighted by Crippen LogP contribution is -2.23. The molecule has 0 fully saturated rings. The molecule has 2 rings (SSSR count). The zero-order valence-electron chi connectivity index (χ0n) is 10.7. The lowest BCUT2D eigenvalue weighted by molar-refractivity contribution is 0.676. The number of anilines is 1. The van der Waals surface area contributed by atoms with Gasteiger partial charge in [-0.1, -0.05) is 18.2 Å². The van der Waals surface area contributed by atoms with Crippen LogP contribution < -0.4 is 10.9 Å². The molecule has 0 aliphatic heterocycles. The van der Waals surface area contributed by atoms with Crippen molar-refractivity contribution in [2.75, 3.05) is 11.9 Å². The smallest absolute Gasteiger partial charge is 0.253 e. The van der Waals surface area contributed by atoms with Crippen molar-refractivity contribution < 1.29 is 0 Å². The lowest BCUT2D eigenvalue weighted by atomic mass is 10.2. The Bertz CT molecular complexity index is 590. The highest BCUT2D eigenvalue weighted by Gasteiger charge is 1.98. The van der Waals surface area contributed by atoms with Gasteiger partial charge >= 0.3 is 0 Å². The van der Waals surface area contributed by atoms with Gasteiger partial charge in [0.15, 0.2) is 0 Å². The van der Waals surface area contributed by atoms with Gasteiger partial charge in [-0.25, -0.2) is 4.98 Å². The van der Waals surface area contributed by atoms with Gasteiger partial charge in [0.05, 0.1) is 6.33 Å². The molecule has 2 aromatic rings. The molecule has 0 atom stereocenters. The molecule has 0 aliphatic carbocycles. The minimum absolute atomic E-state index is 0.00548. The zero-order chi connectivity index (χ0) is 13.0. The van der Waals surface area contributed by atoms with Crippen LogP contribution in [0.2, 0.25) is 0 Å². The zero-order valence-corrected chi connectivity index (χ0v) is 10.7. The van der Waals surface area contributed by atoms with Crippen molar-refractivity contribution in [3.05, 3.63) is 58.3 Å². The Morgan fingerprint density at radius 2 is 2.06 bits per heavy atom. The molecular formula is C14H17N3O. The van der Waals surface area contributed by atoms with Gasteiger partial charge in [0, 0.05) is 30.5 Å².